The first kappa shape index (κ1) is 11.0. The molecule has 1 N–H and O–H groups in total. The van der Waals surface area contributed by atoms with Crippen LogP contribution in [0.15, 0.2) is 23.1 Å². The lowest BCUT2D eigenvalue weighted by atomic mass is 9.81. The third-order valence-corrected chi connectivity index (χ3v) is 4.95. The van der Waals surface area contributed by atoms with Gasteiger partial charge in [-0.2, -0.15) is 0 Å². The van der Waals surface area contributed by atoms with Gasteiger partial charge in [-0.25, -0.2) is 4.90 Å². The molecule has 0 aromatic carbocycles. The van der Waals surface area contributed by atoms with E-state index in [1.54, 1.807) is 0 Å². The lowest BCUT2D eigenvalue weighted by Gasteiger charge is -2.19. The second-order valence-electron chi connectivity index (χ2n) is 5.81. The van der Waals surface area contributed by atoms with Crippen LogP contribution in [0.3, 0.4) is 0 Å². The molecular formula is C14H14N2O3. The molecular weight excluding hydrogens is 244 g/mol. The van der Waals surface area contributed by atoms with Crippen molar-refractivity contribution in [3.05, 3.63) is 28.7 Å². The summed E-state index contributed by atoms with van der Waals surface area (Å²) in [6.07, 6.45) is 4.63. The fraction of sp³-hybridized carbons (Fsp3) is 0.500. The Hall–Kier alpha value is -1.91. The fourth-order valence-electron chi connectivity index (χ4n) is 4.20. The number of fused-ring (bicyclic) bond motifs is 5. The molecule has 1 aliphatic heterocycles. The van der Waals surface area contributed by atoms with Gasteiger partial charge in [-0.3, -0.25) is 14.4 Å². The highest BCUT2D eigenvalue weighted by Crippen LogP contribution is 2.56. The van der Waals surface area contributed by atoms with Crippen LogP contribution in [-0.2, 0) is 9.59 Å². The van der Waals surface area contributed by atoms with Gasteiger partial charge in [0.15, 0.2) is 0 Å². The zero-order chi connectivity index (χ0) is 13.1. The van der Waals surface area contributed by atoms with E-state index in [4.69, 9.17) is 0 Å². The molecule has 5 nitrogen and oxygen atoms in total. The van der Waals surface area contributed by atoms with Gasteiger partial charge in [0.2, 0.25) is 17.4 Å². The average molecular weight is 258 g/mol. The minimum atomic E-state index is -0.233. The van der Waals surface area contributed by atoms with Crippen LogP contribution in [0.4, 0.5) is 5.69 Å². The van der Waals surface area contributed by atoms with Crippen LogP contribution >= 0.6 is 0 Å². The van der Waals surface area contributed by atoms with Gasteiger partial charge >= 0.3 is 0 Å². The monoisotopic (exact) mass is 258 g/mol. The number of aromatic amines is 1. The second kappa shape index (κ2) is 3.56. The number of hydrogen-bond donors (Lipinski definition) is 1. The van der Waals surface area contributed by atoms with Crippen molar-refractivity contribution in [1.82, 2.24) is 4.98 Å². The first-order chi connectivity index (χ1) is 9.16. The summed E-state index contributed by atoms with van der Waals surface area (Å²) >= 11 is 0. The summed E-state index contributed by atoms with van der Waals surface area (Å²) in [6.45, 7) is 0. The molecule has 4 atom stereocenters. The molecule has 0 radical (unpaired) electrons. The maximum Gasteiger partial charge on any atom is 0.248 e. The SMILES string of the molecule is O=C1[C@@H]2[C@@H]3CC[C@@H](C3)[C@@H]2C(=O)N1c1ccc(=O)[nH]c1. The highest BCUT2D eigenvalue weighted by atomic mass is 16.2. The summed E-state index contributed by atoms with van der Waals surface area (Å²) in [5.41, 5.74) is 0.256. The fourth-order valence-corrected chi connectivity index (χ4v) is 4.20. The molecule has 1 aromatic heterocycles. The summed E-state index contributed by atoms with van der Waals surface area (Å²) < 4.78 is 0. The Labute approximate surface area is 109 Å². The summed E-state index contributed by atoms with van der Waals surface area (Å²) in [6, 6.07) is 2.89. The number of hydrogen-bond acceptors (Lipinski definition) is 3. The van der Waals surface area contributed by atoms with Crippen molar-refractivity contribution in [3.8, 4) is 0 Å². The molecule has 5 heteroatoms. The van der Waals surface area contributed by atoms with Gasteiger partial charge < -0.3 is 4.98 Å². The minimum Gasteiger partial charge on any atom is -0.327 e. The van der Waals surface area contributed by atoms with Gasteiger partial charge in [-0.1, -0.05) is 0 Å². The number of carbonyl (C=O) groups excluding carboxylic acids is 2. The highest BCUT2D eigenvalue weighted by Gasteiger charge is 2.61. The van der Waals surface area contributed by atoms with Crippen LogP contribution in [0.25, 0.3) is 0 Å². The number of anilines is 1. The van der Waals surface area contributed by atoms with Crippen LogP contribution in [-0.4, -0.2) is 16.8 Å². The van der Waals surface area contributed by atoms with Crippen molar-refractivity contribution < 1.29 is 9.59 Å². The maximum atomic E-state index is 12.5. The Bertz CT molecular complexity index is 587. The number of amides is 2. The summed E-state index contributed by atoms with van der Waals surface area (Å²) in [7, 11) is 0. The average Bonchev–Trinajstić information content (AvgIpc) is 3.06. The summed E-state index contributed by atoms with van der Waals surface area (Å²) in [5.74, 6) is 0.401. The summed E-state index contributed by atoms with van der Waals surface area (Å²) in [5, 5.41) is 0. The largest absolute Gasteiger partial charge is 0.327 e. The van der Waals surface area contributed by atoms with Gasteiger partial charge in [0, 0.05) is 12.3 Å². The van der Waals surface area contributed by atoms with Crippen molar-refractivity contribution in [1.29, 1.82) is 0 Å². The Morgan fingerprint density at radius 2 is 1.63 bits per heavy atom. The first-order valence-electron chi connectivity index (χ1n) is 6.73. The Balaban J connectivity index is 1.75. The lowest BCUT2D eigenvalue weighted by Crippen LogP contribution is -2.33. The first-order valence-corrected chi connectivity index (χ1v) is 6.73. The molecule has 3 aliphatic rings. The smallest absolute Gasteiger partial charge is 0.248 e. The molecule has 1 aromatic rings. The molecule has 4 rings (SSSR count). The maximum absolute atomic E-state index is 12.5. The molecule has 2 bridgehead atoms. The van der Waals surface area contributed by atoms with Crippen LogP contribution in [0.1, 0.15) is 19.3 Å². The topological polar surface area (TPSA) is 70.2 Å². The van der Waals surface area contributed by atoms with E-state index in [9.17, 15) is 14.4 Å². The van der Waals surface area contributed by atoms with E-state index in [0.717, 1.165) is 19.3 Å². The summed E-state index contributed by atoms with van der Waals surface area (Å²) in [4.78, 5) is 39.8. The third-order valence-electron chi connectivity index (χ3n) is 4.95. The van der Waals surface area contributed by atoms with Crippen LogP contribution in [0.2, 0.25) is 0 Å². The Morgan fingerprint density at radius 1 is 1.00 bits per heavy atom. The van der Waals surface area contributed by atoms with Crippen molar-refractivity contribution in [2.24, 2.45) is 23.7 Å². The second-order valence-corrected chi connectivity index (χ2v) is 5.81. The van der Waals surface area contributed by atoms with Crippen LogP contribution in [0, 0.1) is 23.7 Å². The highest BCUT2D eigenvalue weighted by molar-refractivity contribution is 6.22. The van der Waals surface area contributed by atoms with E-state index in [-0.39, 0.29) is 29.2 Å². The van der Waals surface area contributed by atoms with Gasteiger partial charge in [-0.05, 0) is 37.2 Å². The van der Waals surface area contributed by atoms with Crippen molar-refractivity contribution in [2.45, 2.75) is 19.3 Å². The molecule has 3 fully saturated rings. The van der Waals surface area contributed by atoms with E-state index >= 15 is 0 Å². The standard InChI is InChI=1S/C14H14N2O3/c17-10-4-3-9(6-15-10)16-13(18)11-7-1-2-8(5-7)12(11)14(16)19/h3-4,6-8,11-12H,1-2,5H2,(H,15,17)/t7-,8+,11-,12+. The predicted octanol–water partition coefficient (Wildman–Crippen LogP) is 0.910. The molecule has 2 heterocycles. The number of H-pyrrole nitrogens is 1. The van der Waals surface area contributed by atoms with Crippen molar-refractivity contribution in [2.75, 3.05) is 4.90 Å². The van der Waals surface area contributed by atoms with Gasteiger partial charge in [0.1, 0.15) is 0 Å². The quantitative estimate of drug-likeness (QED) is 0.761. The number of imide groups is 1. The minimum absolute atomic E-state index is 0.0748. The molecule has 2 amide bonds. The number of nitrogens with zero attached hydrogens (tertiary/aromatic N) is 1. The molecule has 2 aliphatic carbocycles. The van der Waals surface area contributed by atoms with Gasteiger partial charge in [0.05, 0.1) is 17.5 Å². The predicted molar refractivity (Wildman–Crippen MR) is 67.4 cm³/mol. The lowest BCUT2D eigenvalue weighted by molar-refractivity contribution is -0.123. The zero-order valence-corrected chi connectivity index (χ0v) is 10.3. The van der Waals surface area contributed by atoms with E-state index in [2.05, 4.69) is 4.98 Å². The molecule has 19 heavy (non-hydrogen) atoms. The van der Waals surface area contributed by atoms with Crippen LogP contribution in [0.5, 0.6) is 0 Å². The molecule has 1 saturated heterocycles. The van der Waals surface area contributed by atoms with Crippen molar-refractivity contribution in [3.63, 3.8) is 0 Å². The third kappa shape index (κ3) is 1.33. The number of pyridine rings is 1. The van der Waals surface area contributed by atoms with Crippen molar-refractivity contribution >= 4 is 17.5 Å². The van der Waals surface area contributed by atoms with Crippen LogP contribution < -0.4 is 10.5 Å². The van der Waals surface area contributed by atoms with Gasteiger partial charge in [-0.15, -0.1) is 0 Å². The van der Waals surface area contributed by atoms with Gasteiger partial charge in [0.25, 0.3) is 0 Å². The Kier molecular flexibility index (Phi) is 2.05. The Morgan fingerprint density at radius 3 is 2.16 bits per heavy atom. The number of carbonyl (C=O) groups is 2. The molecule has 0 unspecified atom stereocenters. The molecule has 98 valence electrons. The normalized spacial score (nSPS) is 36.1. The molecule has 0 spiro atoms. The number of nitrogens with one attached hydrogen (secondary N) is 1. The van der Waals surface area contributed by atoms with E-state index in [1.807, 2.05) is 0 Å². The van der Waals surface area contributed by atoms with E-state index in [0.29, 0.717) is 17.5 Å². The molecule has 2 saturated carbocycles. The van der Waals surface area contributed by atoms with E-state index in [1.165, 1.54) is 23.2 Å². The van der Waals surface area contributed by atoms with E-state index < -0.39 is 0 Å². The zero-order valence-electron chi connectivity index (χ0n) is 10.3. The number of aromatic nitrogens is 1. The number of rotatable bonds is 1.